The second-order valence-corrected chi connectivity index (χ2v) is 4.03. The van der Waals surface area contributed by atoms with Gasteiger partial charge in [0, 0.05) is 11.1 Å². The number of halogens is 5. The van der Waals surface area contributed by atoms with Crippen LogP contribution in [0.1, 0.15) is 0 Å². The molecule has 15 heavy (non-hydrogen) atoms. The van der Waals surface area contributed by atoms with Gasteiger partial charge in [-0.1, -0.05) is 0 Å². The molecule has 0 bridgehead atoms. The van der Waals surface area contributed by atoms with E-state index in [-0.39, 0.29) is 29.6 Å². The predicted octanol–water partition coefficient (Wildman–Crippen LogP) is -2.58. The molecule has 0 spiro atoms. The summed E-state index contributed by atoms with van der Waals surface area (Å²) in [5.74, 6) is 0. The van der Waals surface area contributed by atoms with E-state index in [0.29, 0.717) is 0 Å². The molecule has 0 rings (SSSR count). The van der Waals surface area contributed by atoms with E-state index in [9.17, 15) is 26.3 Å². The summed E-state index contributed by atoms with van der Waals surface area (Å²) in [6, 6.07) is 0. The van der Waals surface area contributed by atoms with Crippen molar-refractivity contribution in [3.63, 3.8) is 0 Å². The van der Waals surface area contributed by atoms with Gasteiger partial charge in [-0.3, -0.25) is 4.21 Å². The Labute approximate surface area is 116 Å². The SMILES string of the molecule is O=S([O-])C(F)(F)CO.OCC(F)(F)Br.[Na+]. The van der Waals surface area contributed by atoms with Gasteiger partial charge in [-0.05, 0) is 15.9 Å². The van der Waals surface area contributed by atoms with Crippen molar-refractivity contribution < 1.29 is 66.1 Å². The summed E-state index contributed by atoms with van der Waals surface area (Å²) in [6.07, 6.45) is 0. The molecule has 1 unspecified atom stereocenters. The first kappa shape index (κ1) is 21.5. The first-order chi connectivity index (χ1) is 6.06. The number of hydrogen-bond acceptors (Lipinski definition) is 4. The van der Waals surface area contributed by atoms with Crippen molar-refractivity contribution in [3.8, 4) is 0 Å². The molecule has 1 atom stereocenters. The quantitative estimate of drug-likeness (QED) is 0.258. The molecule has 2 N–H and O–H groups in total. The number of rotatable bonds is 3. The van der Waals surface area contributed by atoms with Gasteiger partial charge in [0.1, 0.15) is 13.2 Å². The van der Waals surface area contributed by atoms with E-state index in [1.54, 1.807) is 0 Å². The molecule has 4 nitrogen and oxygen atoms in total. The van der Waals surface area contributed by atoms with Crippen LogP contribution in [0.5, 0.6) is 0 Å². The number of aliphatic hydroxyl groups is 2. The van der Waals surface area contributed by atoms with Crippen molar-refractivity contribution in [3.05, 3.63) is 0 Å². The summed E-state index contributed by atoms with van der Waals surface area (Å²) in [6.45, 7) is -2.81. The normalized spacial score (nSPS) is 13.3. The van der Waals surface area contributed by atoms with Crippen LogP contribution in [0.25, 0.3) is 0 Å². The van der Waals surface area contributed by atoms with Crippen LogP contribution in [0.2, 0.25) is 0 Å². The molecule has 0 fully saturated rings. The van der Waals surface area contributed by atoms with Crippen molar-refractivity contribution in [2.75, 3.05) is 13.2 Å². The maximum absolute atomic E-state index is 11.4. The van der Waals surface area contributed by atoms with Crippen LogP contribution in [0, 0.1) is 0 Å². The molecule has 11 heteroatoms. The molecule has 0 amide bonds. The molecule has 0 aliphatic carbocycles. The maximum atomic E-state index is 11.4. The molecule has 88 valence electrons. The van der Waals surface area contributed by atoms with Crippen molar-refractivity contribution in [1.29, 1.82) is 0 Å². The summed E-state index contributed by atoms with van der Waals surface area (Å²) in [7, 11) is 0. The third-order valence-electron chi connectivity index (χ3n) is 0.607. The smallest absolute Gasteiger partial charge is 0.768 e. The molecule has 0 aromatic carbocycles. The second kappa shape index (κ2) is 9.28. The van der Waals surface area contributed by atoms with Crippen LogP contribution >= 0.6 is 15.9 Å². The van der Waals surface area contributed by atoms with Gasteiger partial charge in [0.05, 0.1) is 0 Å². The van der Waals surface area contributed by atoms with Crippen molar-refractivity contribution >= 4 is 27.0 Å². The topological polar surface area (TPSA) is 80.6 Å². The largest absolute Gasteiger partial charge is 1.00 e. The summed E-state index contributed by atoms with van der Waals surface area (Å²) >= 11 is -1.62. The van der Waals surface area contributed by atoms with Crippen molar-refractivity contribution in [2.24, 2.45) is 0 Å². The Morgan fingerprint density at radius 2 is 1.47 bits per heavy atom. The molecular weight excluding hydrogens is 323 g/mol. The Hall–Kier alpha value is 1.23. The zero-order chi connectivity index (χ0) is 12.0. The van der Waals surface area contributed by atoms with E-state index in [2.05, 4.69) is 0 Å². The third kappa shape index (κ3) is 15.2. The summed E-state index contributed by atoms with van der Waals surface area (Å²) in [4.78, 5) is -3.09. The predicted molar refractivity (Wildman–Crippen MR) is 41.9 cm³/mol. The maximum Gasteiger partial charge on any atom is 1.00 e. The van der Waals surface area contributed by atoms with Crippen LogP contribution in [0.15, 0.2) is 0 Å². The van der Waals surface area contributed by atoms with Gasteiger partial charge in [0.2, 0.25) is 0 Å². The fourth-order valence-electron chi connectivity index (χ4n) is 0.0527. The Morgan fingerprint density at radius 1 is 1.20 bits per heavy atom. The van der Waals surface area contributed by atoms with Gasteiger partial charge in [-0.25, -0.2) is 0 Å². The number of aliphatic hydroxyl groups excluding tert-OH is 2. The minimum absolute atomic E-state index is 0. The van der Waals surface area contributed by atoms with E-state index in [1.165, 1.54) is 0 Å². The molecule has 0 saturated heterocycles. The fraction of sp³-hybridized carbons (Fsp3) is 1.00. The zero-order valence-corrected chi connectivity index (χ0v) is 11.8. The summed E-state index contributed by atoms with van der Waals surface area (Å²) in [5, 5.41) is 11.2. The minimum atomic E-state index is -3.99. The molecule has 0 heterocycles. The molecular formula is C4H6BrF4NaO4S. The molecule has 0 radical (unpaired) electrons. The summed E-state index contributed by atoms with van der Waals surface area (Å²) < 4.78 is 63.7. The standard InChI is InChI=1S/C2H3BrF2O.C2H4F2O3S.Na/c3-2(4,5)1-6;3-2(4,1-5)8(6)7;/h6H,1H2;5H,1H2,(H,6,7);/q;;+1/p-1. The molecule has 0 aromatic heterocycles. The van der Waals surface area contributed by atoms with E-state index in [1.807, 2.05) is 15.9 Å². The molecule has 0 aliphatic heterocycles. The van der Waals surface area contributed by atoms with Gasteiger partial charge >= 0.3 is 39.6 Å². The van der Waals surface area contributed by atoms with Gasteiger partial charge in [-0.2, -0.15) is 17.6 Å². The molecule has 0 aromatic rings. The molecule has 0 aliphatic rings. The average molecular weight is 329 g/mol. The number of hydrogen-bond donors (Lipinski definition) is 2. The van der Waals surface area contributed by atoms with Gasteiger partial charge in [-0.15, -0.1) is 0 Å². The van der Waals surface area contributed by atoms with Crippen LogP contribution in [-0.4, -0.2) is 42.3 Å². The van der Waals surface area contributed by atoms with Gasteiger partial charge in [0.25, 0.3) is 0 Å². The first-order valence-electron chi connectivity index (χ1n) is 2.82. The number of alkyl halides is 5. The average Bonchev–Trinajstić information content (AvgIpc) is 2.04. The Morgan fingerprint density at radius 3 is 1.47 bits per heavy atom. The summed E-state index contributed by atoms with van der Waals surface area (Å²) in [5.41, 5.74) is 0. The van der Waals surface area contributed by atoms with E-state index in [0.717, 1.165) is 0 Å². The minimum Gasteiger partial charge on any atom is -0.768 e. The monoisotopic (exact) mass is 328 g/mol. The van der Waals surface area contributed by atoms with Crippen molar-refractivity contribution in [1.82, 2.24) is 0 Å². The van der Waals surface area contributed by atoms with E-state index >= 15 is 0 Å². The van der Waals surface area contributed by atoms with E-state index < -0.39 is 34.4 Å². The fourth-order valence-corrected chi connectivity index (χ4v) is 0.158. The van der Waals surface area contributed by atoms with Crippen LogP contribution < -0.4 is 29.6 Å². The second-order valence-electron chi connectivity index (χ2n) is 1.80. The van der Waals surface area contributed by atoms with Gasteiger partial charge < -0.3 is 14.8 Å². The molecule has 0 saturated carbocycles. The van der Waals surface area contributed by atoms with Gasteiger partial charge in [0.15, 0.2) is 0 Å². The Balaban J connectivity index is -0.000000187. The van der Waals surface area contributed by atoms with Crippen LogP contribution in [-0.2, 0) is 11.1 Å². The van der Waals surface area contributed by atoms with Crippen LogP contribution in [0.4, 0.5) is 17.6 Å². The first-order valence-corrected chi connectivity index (χ1v) is 4.69. The van der Waals surface area contributed by atoms with E-state index in [4.69, 9.17) is 10.2 Å². The Kier molecular flexibility index (Phi) is 13.3. The zero-order valence-electron chi connectivity index (χ0n) is 7.42. The van der Waals surface area contributed by atoms with Crippen LogP contribution in [0.3, 0.4) is 0 Å². The third-order valence-corrected chi connectivity index (χ3v) is 1.47. The Bertz CT molecular complexity index is 190. The van der Waals surface area contributed by atoms with Crippen molar-refractivity contribution in [2.45, 2.75) is 10.1 Å².